The zero-order valence-corrected chi connectivity index (χ0v) is 25.6. The van der Waals surface area contributed by atoms with Crippen LogP contribution in [0.2, 0.25) is 0 Å². The summed E-state index contributed by atoms with van der Waals surface area (Å²) in [6.07, 6.45) is 0.389. The molecule has 9 nitrogen and oxygen atoms in total. The highest BCUT2D eigenvalue weighted by Crippen LogP contribution is 2.40. The smallest absolute Gasteiger partial charge is 0.481 e. The molecule has 3 aromatic rings. The molecule has 2 N–H and O–H groups in total. The number of nitrogens with one attached hydrogen (secondary N) is 1. The van der Waals surface area contributed by atoms with Crippen molar-refractivity contribution < 1.29 is 28.3 Å². The van der Waals surface area contributed by atoms with Gasteiger partial charge in [0.1, 0.15) is 11.4 Å². The van der Waals surface area contributed by atoms with Gasteiger partial charge in [0.2, 0.25) is 0 Å². The maximum absolute atomic E-state index is 12.9. The first-order valence-corrected chi connectivity index (χ1v) is 13.9. The molecule has 0 saturated carbocycles. The third-order valence-electron chi connectivity index (χ3n) is 6.55. The van der Waals surface area contributed by atoms with Crippen LogP contribution in [-0.4, -0.2) is 27.8 Å². The molecule has 2 heterocycles. The number of alkyl carbamates (subject to hydrolysis) is 1. The highest BCUT2D eigenvalue weighted by molar-refractivity contribution is 5.84. The van der Waals surface area contributed by atoms with Gasteiger partial charge in [-0.15, -0.1) is 0 Å². The largest absolute Gasteiger partial charge is 0.519 e. The number of carbonyl (C=O) groups excluding carboxylic acids is 1. The standard InChI is InChI=1S/C32H42N2O7/c1-10-23-27(21(28(35)36)15-25-19(3)39-30(38)40-25)26(20-13-11-18(2)12-14-20)22(24(34-23)16-31(4,5)6)17-33-29(37)41-32(7,8)9/h11-14,21H,10,15-17H2,1-9H3,(H,33,37)(H,35,36). The van der Waals surface area contributed by atoms with Crippen LogP contribution in [0.3, 0.4) is 0 Å². The van der Waals surface area contributed by atoms with E-state index in [0.717, 1.165) is 22.4 Å². The van der Waals surface area contributed by atoms with Gasteiger partial charge in [0.15, 0.2) is 5.76 Å². The summed E-state index contributed by atoms with van der Waals surface area (Å²) >= 11 is 0. The number of carboxylic acids is 1. The quantitative estimate of drug-likeness (QED) is 0.300. The Balaban J connectivity index is 2.35. The summed E-state index contributed by atoms with van der Waals surface area (Å²) in [6.45, 7) is 17.3. The molecular formula is C32H42N2O7. The molecule has 1 amide bonds. The first-order chi connectivity index (χ1) is 19.0. The first kappa shape index (κ1) is 31.6. The summed E-state index contributed by atoms with van der Waals surface area (Å²) < 4.78 is 15.7. The number of aliphatic carboxylic acids is 1. The fourth-order valence-electron chi connectivity index (χ4n) is 4.81. The van der Waals surface area contributed by atoms with E-state index in [1.165, 1.54) is 0 Å². The molecule has 2 aromatic heterocycles. The first-order valence-electron chi connectivity index (χ1n) is 13.9. The Hall–Kier alpha value is -3.88. The molecule has 0 saturated heterocycles. The number of ether oxygens (including phenoxy) is 1. The van der Waals surface area contributed by atoms with E-state index in [-0.39, 0.29) is 29.9 Å². The summed E-state index contributed by atoms with van der Waals surface area (Å²) in [5, 5.41) is 13.4. The molecule has 9 heteroatoms. The lowest BCUT2D eigenvalue weighted by molar-refractivity contribution is -0.138. The molecule has 41 heavy (non-hydrogen) atoms. The van der Waals surface area contributed by atoms with Gasteiger partial charge in [-0.05, 0) is 69.6 Å². The number of carbonyl (C=O) groups is 2. The van der Waals surface area contributed by atoms with Crippen molar-refractivity contribution in [1.29, 1.82) is 0 Å². The molecule has 0 spiro atoms. The summed E-state index contributed by atoms with van der Waals surface area (Å²) in [5.41, 5.74) is 4.37. The second-order valence-electron chi connectivity index (χ2n) is 12.6. The van der Waals surface area contributed by atoms with Crippen LogP contribution in [0.5, 0.6) is 0 Å². The monoisotopic (exact) mass is 566 g/mol. The number of benzene rings is 1. The summed E-state index contributed by atoms with van der Waals surface area (Å²) in [7, 11) is 0. The molecular weight excluding hydrogens is 524 g/mol. The molecule has 0 radical (unpaired) electrons. The Bertz CT molecular complexity index is 1450. The van der Waals surface area contributed by atoms with Crippen LogP contribution < -0.4 is 11.1 Å². The molecule has 1 unspecified atom stereocenters. The van der Waals surface area contributed by atoms with Crippen LogP contribution in [0.1, 0.15) is 94.0 Å². The molecule has 0 aliphatic heterocycles. The van der Waals surface area contributed by atoms with E-state index in [1.807, 2.05) is 38.1 Å². The van der Waals surface area contributed by atoms with Gasteiger partial charge < -0.3 is 24.0 Å². The second kappa shape index (κ2) is 12.3. The second-order valence-corrected chi connectivity index (χ2v) is 12.6. The van der Waals surface area contributed by atoms with Crippen LogP contribution >= 0.6 is 0 Å². The predicted octanol–water partition coefficient (Wildman–Crippen LogP) is 6.50. The number of rotatable bonds is 9. The van der Waals surface area contributed by atoms with Crippen molar-refractivity contribution >= 4 is 12.1 Å². The number of nitrogens with zero attached hydrogens (tertiary/aromatic N) is 1. The van der Waals surface area contributed by atoms with Crippen LogP contribution in [0.25, 0.3) is 11.1 Å². The van der Waals surface area contributed by atoms with Crippen molar-refractivity contribution in [2.75, 3.05) is 0 Å². The Labute approximate surface area is 241 Å². The topological polar surface area (TPSA) is 132 Å². The zero-order valence-electron chi connectivity index (χ0n) is 25.6. The maximum Gasteiger partial charge on any atom is 0.519 e. The lowest BCUT2D eigenvalue weighted by atomic mass is 9.80. The average Bonchev–Trinajstić information content (AvgIpc) is 3.15. The minimum absolute atomic E-state index is 0.0830. The average molecular weight is 567 g/mol. The van der Waals surface area contributed by atoms with Gasteiger partial charge in [0.25, 0.3) is 0 Å². The van der Waals surface area contributed by atoms with Crippen molar-refractivity contribution in [3.05, 3.63) is 74.5 Å². The van der Waals surface area contributed by atoms with E-state index >= 15 is 0 Å². The van der Waals surface area contributed by atoms with Crippen molar-refractivity contribution in [2.45, 2.75) is 99.6 Å². The molecule has 0 fully saturated rings. The van der Waals surface area contributed by atoms with Gasteiger partial charge in [-0.3, -0.25) is 9.78 Å². The van der Waals surface area contributed by atoms with Crippen LogP contribution in [0.15, 0.2) is 37.9 Å². The van der Waals surface area contributed by atoms with E-state index in [2.05, 4.69) is 26.1 Å². The number of aromatic nitrogens is 1. The Morgan fingerprint density at radius 3 is 2.15 bits per heavy atom. The maximum atomic E-state index is 12.9. The van der Waals surface area contributed by atoms with E-state index < -0.39 is 29.4 Å². The fourth-order valence-corrected chi connectivity index (χ4v) is 4.81. The number of aryl methyl sites for hydroxylation is 3. The van der Waals surface area contributed by atoms with Crippen molar-refractivity contribution in [3.63, 3.8) is 0 Å². The highest BCUT2D eigenvalue weighted by Gasteiger charge is 2.33. The van der Waals surface area contributed by atoms with Gasteiger partial charge in [0.05, 0.1) is 5.92 Å². The van der Waals surface area contributed by atoms with E-state index in [4.69, 9.17) is 18.6 Å². The minimum atomic E-state index is -1.10. The SMILES string of the molecule is CCc1nc(CC(C)(C)C)c(CNC(=O)OC(C)(C)C)c(-c2ccc(C)cc2)c1C(Cc1oc(=O)oc1C)C(=O)O. The number of carboxylic acid groups (broad SMARTS) is 1. The number of hydrogen-bond donors (Lipinski definition) is 2. The van der Waals surface area contributed by atoms with E-state index in [0.29, 0.717) is 29.7 Å². The zero-order chi connectivity index (χ0) is 30.7. The van der Waals surface area contributed by atoms with Crippen LogP contribution in [0.4, 0.5) is 4.79 Å². The Morgan fingerprint density at radius 2 is 1.66 bits per heavy atom. The molecule has 1 aromatic carbocycles. The van der Waals surface area contributed by atoms with Crippen molar-refractivity contribution in [2.24, 2.45) is 5.41 Å². The summed E-state index contributed by atoms with van der Waals surface area (Å²) in [5.74, 6) is -2.66. The van der Waals surface area contributed by atoms with Gasteiger partial charge in [-0.25, -0.2) is 9.59 Å². The normalized spacial score (nSPS) is 12.7. The number of pyridine rings is 1. The molecule has 3 rings (SSSR count). The van der Waals surface area contributed by atoms with Gasteiger partial charge in [-0.2, -0.15) is 0 Å². The molecule has 222 valence electrons. The summed E-state index contributed by atoms with van der Waals surface area (Å²) in [4.78, 5) is 42.5. The molecule has 1 atom stereocenters. The Kier molecular flexibility index (Phi) is 9.51. The molecule has 0 aliphatic rings. The Morgan fingerprint density at radius 1 is 1.02 bits per heavy atom. The molecule has 0 bridgehead atoms. The third-order valence-corrected chi connectivity index (χ3v) is 6.55. The van der Waals surface area contributed by atoms with E-state index in [9.17, 15) is 19.5 Å². The van der Waals surface area contributed by atoms with Gasteiger partial charge in [-0.1, -0.05) is 57.5 Å². The summed E-state index contributed by atoms with van der Waals surface area (Å²) in [6, 6.07) is 7.84. The van der Waals surface area contributed by atoms with E-state index in [1.54, 1.807) is 27.7 Å². The van der Waals surface area contributed by atoms with Gasteiger partial charge >= 0.3 is 17.9 Å². The van der Waals surface area contributed by atoms with Crippen LogP contribution in [-0.2, 0) is 35.3 Å². The van der Waals surface area contributed by atoms with Crippen LogP contribution in [0, 0.1) is 19.3 Å². The van der Waals surface area contributed by atoms with Crippen molar-refractivity contribution in [3.8, 4) is 11.1 Å². The number of amides is 1. The minimum Gasteiger partial charge on any atom is -0.481 e. The van der Waals surface area contributed by atoms with Gasteiger partial charge in [0, 0.05) is 29.9 Å². The predicted molar refractivity (Wildman–Crippen MR) is 156 cm³/mol. The van der Waals surface area contributed by atoms with Crippen molar-refractivity contribution in [1.82, 2.24) is 10.3 Å². The number of hydrogen-bond acceptors (Lipinski definition) is 7. The third kappa shape index (κ3) is 8.31. The lowest BCUT2D eigenvalue weighted by Gasteiger charge is -2.28. The highest BCUT2D eigenvalue weighted by atomic mass is 16.6. The lowest BCUT2D eigenvalue weighted by Crippen LogP contribution is -2.33. The fraction of sp³-hybridized carbons (Fsp3) is 0.500. The molecule has 0 aliphatic carbocycles.